The molecule has 9 heteroatoms. The summed E-state index contributed by atoms with van der Waals surface area (Å²) in [5.74, 6) is 1.24. The van der Waals surface area contributed by atoms with E-state index in [9.17, 15) is 4.79 Å². The topological polar surface area (TPSA) is 75.1 Å². The maximum Gasteiger partial charge on any atom is 0.419 e. The summed E-state index contributed by atoms with van der Waals surface area (Å²) in [4.78, 5) is 13.3. The number of aryl methyl sites for hydroxylation is 1. The first-order valence-corrected chi connectivity index (χ1v) is 11.5. The molecule has 0 amide bonds. The van der Waals surface area contributed by atoms with Gasteiger partial charge in [0.2, 0.25) is 0 Å². The second-order valence-electron chi connectivity index (χ2n) is 6.86. The second-order valence-corrected chi connectivity index (χ2v) is 8.87. The van der Waals surface area contributed by atoms with Crippen LogP contribution in [-0.2, 0) is 17.8 Å². The van der Waals surface area contributed by atoms with E-state index < -0.39 is 0 Å². The molecule has 150 valence electrons. The molecule has 0 aliphatic carbocycles. The first kappa shape index (κ1) is 18.7. The third kappa shape index (κ3) is 3.77. The van der Waals surface area contributed by atoms with Crippen molar-refractivity contribution in [3.63, 3.8) is 0 Å². The fourth-order valence-electron chi connectivity index (χ4n) is 3.59. The number of thiophene rings is 1. The molecule has 0 bridgehead atoms. The Morgan fingerprint density at radius 3 is 2.93 bits per heavy atom. The molecule has 0 spiro atoms. The minimum absolute atomic E-state index is 0.199. The Bertz CT molecular complexity index is 1160. The summed E-state index contributed by atoms with van der Waals surface area (Å²) >= 11 is 3.26. The van der Waals surface area contributed by atoms with E-state index in [1.165, 1.54) is 0 Å². The lowest BCUT2D eigenvalue weighted by molar-refractivity contribution is 0.0953. The summed E-state index contributed by atoms with van der Waals surface area (Å²) in [6, 6.07) is 11.6. The van der Waals surface area contributed by atoms with Crippen LogP contribution < -0.4 is 5.76 Å². The van der Waals surface area contributed by atoms with Crippen LogP contribution in [0.2, 0.25) is 0 Å². The molecule has 29 heavy (non-hydrogen) atoms. The summed E-state index contributed by atoms with van der Waals surface area (Å²) in [5.41, 5.74) is 1.43. The van der Waals surface area contributed by atoms with Gasteiger partial charge in [0.05, 0.1) is 23.0 Å². The van der Waals surface area contributed by atoms with Crippen LogP contribution in [0, 0.1) is 0 Å². The maximum atomic E-state index is 12.2. The second kappa shape index (κ2) is 8.17. The van der Waals surface area contributed by atoms with Crippen molar-refractivity contribution >= 4 is 34.2 Å². The molecule has 1 atom stereocenters. The number of hydrogen-bond donors (Lipinski definition) is 0. The van der Waals surface area contributed by atoms with Gasteiger partial charge in [-0.3, -0.25) is 9.13 Å². The third-order valence-corrected chi connectivity index (χ3v) is 6.80. The Morgan fingerprint density at radius 2 is 2.10 bits per heavy atom. The predicted octanol–water partition coefficient (Wildman–Crippen LogP) is 3.89. The summed E-state index contributed by atoms with van der Waals surface area (Å²) in [6.07, 6.45) is 2.35. The van der Waals surface area contributed by atoms with E-state index in [0.29, 0.717) is 17.9 Å². The maximum absolute atomic E-state index is 12.2. The van der Waals surface area contributed by atoms with E-state index in [0.717, 1.165) is 47.4 Å². The van der Waals surface area contributed by atoms with Gasteiger partial charge in [0.1, 0.15) is 0 Å². The number of benzene rings is 1. The molecule has 1 saturated heterocycles. The summed E-state index contributed by atoms with van der Waals surface area (Å²) < 4.78 is 15.0. The Balaban J connectivity index is 1.36. The van der Waals surface area contributed by atoms with E-state index >= 15 is 0 Å². The highest BCUT2D eigenvalue weighted by molar-refractivity contribution is 7.99. The minimum atomic E-state index is -0.327. The monoisotopic (exact) mass is 428 g/mol. The SMILES string of the molecule is O=c1oc2ccccc2n1CCSc1nnc(-c2cccs2)n1C[C@@H]1CCCO1. The summed E-state index contributed by atoms with van der Waals surface area (Å²) in [5, 5.41) is 11.8. The number of oxazole rings is 1. The van der Waals surface area contributed by atoms with Gasteiger partial charge < -0.3 is 9.15 Å². The molecule has 5 rings (SSSR count). The number of para-hydroxylation sites is 2. The van der Waals surface area contributed by atoms with Crippen LogP contribution in [0.25, 0.3) is 21.8 Å². The molecule has 0 saturated carbocycles. The zero-order valence-electron chi connectivity index (χ0n) is 15.7. The number of nitrogens with zero attached hydrogens (tertiary/aromatic N) is 4. The van der Waals surface area contributed by atoms with Crippen LogP contribution in [-0.4, -0.2) is 37.8 Å². The van der Waals surface area contributed by atoms with Crippen molar-refractivity contribution in [2.24, 2.45) is 0 Å². The normalized spacial score (nSPS) is 16.8. The van der Waals surface area contributed by atoms with Crippen molar-refractivity contribution in [1.82, 2.24) is 19.3 Å². The van der Waals surface area contributed by atoms with Crippen molar-refractivity contribution in [1.29, 1.82) is 0 Å². The molecule has 0 radical (unpaired) electrons. The predicted molar refractivity (Wildman–Crippen MR) is 114 cm³/mol. The van der Waals surface area contributed by atoms with Gasteiger partial charge in [-0.25, -0.2) is 4.79 Å². The van der Waals surface area contributed by atoms with E-state index in [4.69, 9.17) is 9.15 Å². The smallest absolute Gasteiger partial charge is 0.408 e. The molecule has 1 aliphatic heterocycles. The highest BCUT2D eigenvalue weighted by Gasteiger charge is 2.22. The standard InChI is InChI=1S/C20H20N4O3S2/c25-20-23(15-6-1-2-7-16(15)27-20)9-12-29-19-22-21-18(17-8-4-11-28-17)24(19)13-14-5-3-10-26-14/h1-2,4,6-8,11,14H,3,5,9-10,12-13H2/t14-/m0/s1. The van der Waals surface area contributed by atoms with Crippen molar-refractivity contribution in [2.45, 2.75) is 37.2 Å². The van der Waals surface area contributed by atoms with Gasteiger partial charge in [-0.15, -0.1) is 21.5 Å². The molecular formula is C20H20N4O3S2. The number of aromatic nitrogens is 4. The van der Waals surface area contributed by atoms with E-state index in [2.05, 4.69) is 20.8 Å². The average Bonchev–Trinajstić information content (AvgIpc) is 3.51. The van der Waals surface area contributed by atoms with Gasteiger partial charge in [-0.1, -0.05) is 30.0 Å². The summed E-state index contributed by atoms with van der Waals surface area (Å²) in [7, 11) is 0. The molecule has 0 unspecified atom stereocenters. The summed E-state index contributed by atoms with van der Waals surface area (Å²) in [6.45, 7) is 2.11. The molecule has 1 aliphatic rings. The third-order valence-electron chi connectivity index (χ3n) is 4.99. The first-order valence-electron chi connectivity index (χ1n) is 9.59. The Labute approximate surface area is 175 Å². The lowest BCUT2D eigenvalue weighted by atomic mass is 10.2. The van der Waals surface area contributed by atoms with Gasteiger partial charge in [0.15, 0.2) is 16.6 Å². The quantitative estimate of drug-likeness (QED) is 0.416. The lowest BCUT2D eigenvalue weighted by Crippen LogP contribution is -2.17. The molecule has 1 aromatic carbocycles. The van der Waals surface area contributed by atoms with E-state index in [-0.39, 0.29) is 11.9 Å². The molecule has 3 aromatic heterocycles. The largest absolute Gasteiger partial charge is 0.419 e. The molecular weight excluding hydrogens is 408 g/mol. The average molecular weight is 429 g/mol. The number of rotatable bonds is 7. The van der Waals surface area contributed by atoms with E-state index in [1.807, 2.05) is 35.7 Å². The Kier molecular flexibility index (Phi) is 5.26. The Hall–Kier alpha value is -2.36. The van der Waals surface area contributed by atoms with Crippen LogP contribution in [0.1, 0.15) is 12.8 Å². The number of ether oxygens (including phenoxy) is 1. The fourth-order valence-corrected chi connectivity index (χ4v) is 5.18. The van der Waals surface area contributed by atoms with Crippen molar-refractivity contribution in [3.05, 3.63) is 52.3 Å². The molecule has 0 N–H and O–H groups in total. The van der Waals surface area contributed by atoms with Gasteiger partial charge in [0.25, 0.3) is 0 Å². The highest BCUT2D eigenvalue weighted by atomic mass is 32.2. The van der Waals surface area contributed by atoms with Crippen molar-refractivity contribution < 1.29 is 9.15 Å². The van der Waals surface area contributed by atoms with Crippen LogP contribution in [0.5, 0.6) is 0 Å². The molecule has 1 fully saturated rings. The minimum Gasteiger partial charge on any atom is -0.408 e. The molecule has 7 nitrogen and oxygen atoms in total. The van der Waals surface area contributed by atoms with Crippen molar-refractivity contribution in [2.75, 3.05) is 12.4 Å². The van der Waals surface area contributed by atoms with Gasteiger partial charge in [-0.2, -0.15) is 0 Å². The van der Waals surface area contributed by atoms with Gasteiger partial charge in [-0.05, 0) is 36.4 Å². The number of fused-ring (bicyclic) bond motifs is 1. The van der Waals surface area contributed by atoms with Gasteiger partial charge >= 0.3 is 5.76 Å². The van der Waals surface area contributed by atoms with Crippen LogP contribution in [0.4, 0.5) is 0 Å². The van der Waals surface area contributed by atoms with Crippen LogP contribution in [0.15, 0.2) is 56.1 Å². The van der Waals surface area contributed by atoms with E-state index in [1.54, 1.807) is 27.7 Å². The fraction of sp³-hybridized carbons (Fsp3) is 0.350. The van der Waals surface area contributed by atoms with Crippen LogP contribution >= 0.6 is 23.1 Å². The van der Waals surface area contributed by atoms with Crippen molar-refractivity contribution in [3.8, 4) is 10.7 Å². The number of hydrogen-bond acceptors (Lipinski definition) is 7. The molecule has 4 heterocycles. The lowest BCUT2D eigenvalue weighted by Gasteiger charge is -2.14. The van der Waals surface area contributed by atoms with Gasteiger partial charge in [0, 0.05) is 18.9 Å². The first-order chi connectivity index (χ1) is 14.3. The zero-order valence-corrected chi connectivity index (χ0v) is 17.3. The number of thioether (sulfide) groups is 1. The Morgan fingerprint density at radius 1 is 1.17 bits per heavy atom. The highest BCUT2D eigenvalue weighted by Crippen LogP contribution is 2.29. The van der Waals surface area contributed by atoms with Crippen LogP contribution in [0.3, 0.4) is 0 Å². The zero-order chi connectivity index (χ0) is 19.6. The molecule has 4 aromatic rings.